The van der Waals surface area contributed by atoms with E-state index < -0.39 is 0 Å². The van der Waals surface area contributed by atoms with Crippen LogP contribution >= 0.6 is 0 Å². The minimum atomic E-state index is -0.126. The van der Waals surface area contributed by atoms with Crippen LogP contribution in [0.4, 0.5) is 5.69 Å². The van der Waals surface area contributed by atoms with Crippen molar-refractivity contribution >= 4 is 28.4 Å². The molecule has 5 rings (SSSR count). The standard InChI is InChI=1S/C26H26N2O3.ClH/c1-28(12-14-30-15-13-28)17-19-6-9-22(10-7-19)27-26(29)21-16-24-23-5-3-2-4-20(23)8-11-25(24)31-18-21;/h2-11,16H,12-15,17-18H2,1H3;1H. The van der Waals surface area contributed by atoms with Crippen LogP contribution < -0.4 is 22.5 Å². The predicted molar refractivity (Wildman–Crippen MR) is 123 cm³/mol. The number of anilines is 1. The molecule has 1 saturated heterocycles. The van der Waals surface area contributed by atoms with Crippen LogP contribution in [0.15, 0.2) is 66.2 Å². The summed E-state index contributed by atoms with van der Waals surface area (Å²) in [5.41, 5.74) is 3.65. The molecule has 0 aromatic heterocycles. The van der Waals surface area contributed by atoms with Gasteiger partial charge in [0.2, 0.25) is 0 Å². The first-order valence-electron chi connectivity index (χ1n) is 10.8. The molecule has 1 fully saturated rings. The lowest BCUT2D eigenvalue weighted by Crippen LogP contribution is -3.00. The molecule has 0 radical (unpaired) electrons. The summed E-state index contributed by atoms with van der Waals surface area (Å²) >= 11 is 0. The number of hydrogen-bond acceptors (Lipinski definition) is 3. The summed E-state index contributed by atoms with van der Waals surface area (Å²) in [4.78, 5) is 12.9. The zero-order valence-electron chi connectivity index (χ0n) is 18.1. The van der Waals surface area contributed by atoms with E-state index in [1.807, 2.05) is 42.5 Å². The molecule has 0 aliphatic carbocycles. The Kier molecular flexibility index (Phi) is 6.51. The molecule has 0 atom stereocenters. The Morgan fingerprint density at radius 3 is 2.53 bits per heavy atom. The molecule has 0 saturated carbocycles. The maximum absolute atomic E-state index is 12.9. The molecule has 32 heavy (non-hydrogen) atoms. The van der Waals surface area contributed by atoms with Crippen molar-refractivity contribution in [3.8, 4) is 5.75 Å². The number of likely N-dealkylation sites (N-methyl/N-ethyl adjacent to an activating group) is 1. The number of nitrogens with one attached hydrogen (secondary N) is 1. The van der Waals surface area contributed by atoms with Crippen molar-refractivity contribution < 1.29 is 31.2 Å². The van der Waals surface area contributed by atoms with E-state index in [0.29, 0.717) is 5.57 Å². The number of rotatable bonds is 4. The topological polar surface area (TPSA) is 47.6 Å². The smallest absolute Gasteiger partial charge is 0.255 e. The van der Waals surface area contributed by atoms with Gasteiger partial charge >= 0.3 is 0 Å². The highest BCUT2D eigenvalue weighted by atomic mass is 35.5. The fraction of sp³-hybridized carbons (Fsp3) is 0.269. The summed E-state index contributed by atoms with van der Waals surface area (Å²) < 4.78 is 12.4. The summed E-state index contributed by atoms with van der Waals surface area (Å²) in [6.45, 7) is 4.94. The quantitative estimate of drug-likeness (QED) is 0.608. The number of halogens is 1. The van der Waals surface area contributed by atoms with Crippen LogP contribution in [0.25, 0.3) is 16.8 Å². The van der Waals surface area contributed by atoms with Crippen molar-refractivity contribution in [2.75, 3.05) is 45.3 Å². The zero-order valence-corrected chi connectivity index (χ0v) is 18.9. The first-order chi connectivity index (χ1) is 15.1. The molecule has 1 amide bonds. The maximum atomic E-state index is 12.9. The van der Waals surface area contributed by atoms with E-state index in [4.69, 9.17) is 9.47 Å². The van der Waals surface area contributed by atoms with Gasteiger partial charge in [-0.15, -0.1) is 0 Å². The second kappa shape index (κ2) is 9.33. The Hall–Kier alpha value is -2.86. The molecule has 2 aliphatic rings. The molecule has 1 N–H and O–H groups in total. The third-order valence-corrected chi connectivity index (χ3v) is 6.25. The fourth-order valence-corrected chi connectivity index (χ4v) is 4.34. The van der Waals surface area contributed by atoms with Crippen LogP contribution in [-0.4, -0.2) is 50.3 Å². The number of fused-ring (bicyclic) bond motifs is 3. The van der Waals surface area contributed by atoms with E-state index in [-0.39, 0.29) is 24.9 Å². The number of amides is 1. The predicted octanol–water partition coefficient (Wildman–Crippen LogP) is 1.24. The van der Waals surface area contributed by atoms with Crippen LogP contribution in [0.2, 0.25) is 0 Å². The van der Waals surface area contributed by atoms with E-state index in [0.717, 1.165) is 65.1 Å². The van der Waals surface area contributed by atoms with E-state index >= 15 is 0 Å². The molecular formula is C26H27ClN2O3. The summed E-state index contributed by atoms with van der Waals surface area (Å²) in [5, 5.41) is 5.24. The lowest BCUT2D eigenvalue weighted by atomic mass is 9.99. The SMILES string of the molecule is C[N+]1(Cc2ccc(NC(=O)C3=Cc4c(ccc5ccccc45)OC3)cc2)CCOCC1.[Cl-]. The van der Waals surface area contributed by atoms with Gasteiger partial charge in [0.05, 0.1) is 25.8 Å². The average molecular weight is 451 g/mol. The van der Waals surface area contributed by atoms with Gasteiger partial charge in [0.1, 0.15) is 32.0 Å². The Bertz CT molecular complexity index is 1150. The van der Waals surface area contributed by atoms with E-state index in [1.165, 1.54) is 5.56 Å². The highest BCUT2D eigenvalue weighted by molar-refractivity contribution is 6.09. The van der Waals surface area contributed by atoms with E-state index in [2.05, 4.69) is 36.6 Å². The van der Waals surface area contributed by atoms with Gasteiger partial charge in [0, 0.05) is 16.8 Å². The van der Waals surface area contributed by atoms with Gasteiger partial charge in [0.25, 0.3) is 5.91 Å². The number of hydrogen-bond donors (Lipinski definition) is 1. The van der Waals surface area contributed by atoms with Crippen LogP contribution in [0.3, 0.4) is 0 Å². The number of morpholine rings is 1. The van der Waals surface area contributed by atoms with Crippen LogP contribution in [0.5, 0.6) is 5.75 Å². The Labute approximate surface area is 194 Å². The van der Waals surface area contributed by atoms with Gasteiger partial charge in [-0.1, -0.05) is 42.5 Å². The summed E-state index contributed by atoms with van der Waals surface area (Å²) in [6, 6.07) is 20.3. The third kappa shape index (κ3) is 4.65. The van der Waals surface area contributed by atoms with E-state index in [1.54, 1.807) is 0 Å². The minimum Gasteiger partial charge on any atom is -1.00 e. The van der Waals surface area contributed by atoms with Crippen molar-refractivity contribution in [3.05, 3.63) is 77.4 Å². The van der Waals surface area contributed by atoms with Crippen molar-refractivity contribution in [2.24, 2.45) is 0 Å². The fourth-order valence-electron chi connectivity index (χ4n) is 4.34. The lowest BCUT2D eigenvalue weighted by molar-refractivity contribution is -0.929. The largest absolute Gasteiger partial charge is 1.00 e. The third-order valence-electron chi connectivity index (χ3n) is 6.25. The summed E-state index contributed by atoms with van der Waals surface area (Å²) in [7, 11) is 2.27. The molecule has 6 heteroatoms. The first-order valence-corrected chi connectivity index (χ1v) is 10.8. The van der Waals surface area contributed by atoms with Gasteiger partial charge in [-0.2, -0.15) is 0 Å². The Balaban J connectivity index is 0.00000245. The monoisotopic (exact) mass is 450 g/mol. The Morgan fingerprint density at radius 2 is 1.75 bits per heavy atom. The molecule has 2 heterocycles. The molecule has 0 spiro atoms. The highest BCUT2D eigenvalue weighted by Crippen LogP contribution is 2.33. The van der Waals surface area contributed by atoms with Gasteiger partial charge < -0.3 is 31.7 Å². The number of ether oxygens (including phenoxy) is 2. The van der Waals surface area contributed by atoms with Crippen LogP contribution in [0.1, 0.15) is 11.1 Å². The Morgan fingerprint density at radius 1 is 1.00 bits per heavy atom. The van der Waals surface area contributed by atoms with Gasteiger partial charge in [0.15, 0.2) is 0 Å². The number of carbonyl (C=O) groups is 1. The number of carbonyl (C=O) groups excluding carboxylic acids is 1. The number of benzene rings is 3. The van der Waals surface area contributed by atoms with Crippen LogP contribution in [-0.2, 0) is 16.1 Å². The summed E-state index contributed by atoms with van der Waals surface area (Å²) in [5.74, 6) is 0.692. The first kappa shape index (κ1) is 22.3. The van der Waals surface area contributed by atoms with Crippen molar-refractivity contribution in [2.45, 2.75) is 6.54 Å². The molecule has 3 aromatic rings. The van der Waals surface area contributed by atoms with Crippen molar-refractivity contribution in [3.63, 3.8) is 0 Å². The van der Waals surface area contributed by atoms with Gasteiger partial charge in [-0.25, -0.2) is 0 Å². The van der Waals surface area contributed by atoms with Crippen molar-refractivity contribution in [1.82, 2.24) is 0 Å². The minimum absolute atomic E-state index is 0. The summed E-state index contributed by atoms with van der Waals surface area (Å²) in [6.07, 6.45) is 1.95. The molecule has 3 aromatic carbocycles. The second-order valence-corrected chi connectivity index (χ2v) is 8.65. The molecule has 0 unspecified atom stereocenters. The number of nitrogens with zero attached hydrogens (tertiary/aromatic N) is 1. The van der Waals surface area contributed by atoms with E-state index in [9.17, 15) is 4.79 Å². The molecule has 166 valence electrons. The maximum Gasteiger partial charge on any atom is 0.255 e. The zero-order chi connectivity index (χ0) is 21.3. The molecule has 0 bridgehead atoms. The van der Waals surface area contributed by atoms with Crippen LogP contribution in [0, 0.1) is 0 Å². The molecular weight excluding hydrogens is 424 g/mol. The second-order valence-electron chi connectivity index (χ2n) is 8.65. The molecule has 2 aliphatic heterocycles. The highest BCUT2D eigenvalue weighted by Gasteiger charge is 2.25. The van der Waals surface area contributed by atoms with Gasteiger partial charge in [-0.05, 0) is 35.0 Å². The normalized spacial score (nSPS) is 16.8. The van der Waals surface area contributed by atoms with Gasteiger partial charge in [-0.3, -0.25) is 4.79 Å². The van der Waals surface area contributed by atoms with Crippen molar-refractivity contribution in [1.29, 1.82) is 0 Å². The lowest BCUT2D eigenvalue weighted by Gasteiger charge is -2.37. The molecule has 5 nitrogen and oxygen atoms in total. The number of quaternary nitrogens is 1. The average Bonchev–Trinajstić information content (AvgIpc) is 2.80.